The van der Waals surface area contributed by atoms with E-state index in [0.717, 1.165) is 42.4 Å². The second-order valence-electron chi connectivity index (χ2n) is 8.42. The lowest BCUT2D eigenvalue weighted by atomic mass is 9.78. The van der Waals surface area contributed by atoms with Gasteiger partial charge in [-0.15, -0.1) is 0 Å². The van der Waals surface area contributed by atoms with E-state index in [2.05, 4.69) is 22.4 Å². The van der Waals surface area contributed by atoms with Crippen LogP contribution in [-0.4, -0.2) is 41.8 Å². The van der Waals surface area contributed by atoms with E-state index in [-0.39, 0.29) is 17.7 Å². The molecule has 5 heteroatoms. The maximum absolute atomic E-state index is 13.0. The smallest absolute Gasteiger partial charge is 0.228 e. The second-order valence-corrected chi connectivity index (χ2v) is 8.42. The van der Waals surface area contributed by atoms with Crippen LogP contribution in [0.15, 0.2) is 48.8 Å². The lowest BCUT2D eigenvalue weighted by Crippen LogP contribution is -2.44. The van der Waals surface area contributed by atoms with Crippen LogP contribution >= 0.6 is 0 Å². The van der Waals surface area contributed by atoms with Crippen LogP contribution in [0.3, 0.4) is 0 Å². The minimum atomic E-state index is -0.577. The van der Waals surface area contributed by atoms with Crippen LogP contribution in [0, 0.1) is 11.3 Å². The molecule has 29 heavy (non-hydrogen) atoms. The molecule has 1 saturated heterocycles. The molecular formula is C24H29N3O2. The van der Waals surface area contributed by atoms with Crippen LogP contribution in [0.1, 0.15) is 37.7 Å². The summed E-state index contributed by atoms with van der Waals surface area (Å²) in [6.07, 6.45) is 9.18. The van der Waals surface area contributed by atoms with Crippen molar-refractivity contribution in [3.8, 4) is 11.1 Å². The Labute approximate surface area is 172 Å². The summed E-state index contributed by atoms with van der Waals surface area (Å²) in [5, 5.41) is 2.87. The van der Waals surface area contributed by atoms with Crippen molar-refractivity contribution in [3.63, 3.8) is 0 Å². The minimum absolute atomic E-state index is 0.0313. The van der Waals surface area contributed by atoms with Crippen LogP contribution < -0.4 is 5.32 Å². The van der Waals surface area contributed by atoms with Gasteiger partial charge in [0, 0.05) is 38.4 Å². The van der Waals surface area contributed by atoms with Gasteiger partial charge in [-0.25, -0.2) is 0 Å². The van der Waals surface area contributed by atoms with Crippen molar-refractivity contribution in [2.24, 2.45) is 11.3 Å². The molecule has 0 bridgehead atoms. The maximum atomic E-state index is 13.0. The Hall–Kier alpha value is -2.69. The standard InChI is InChI=1S/C24H29N3O2/c1-25-23(29)24(12-15-27(17-24)22(28)19-6-2-3-7-19)16-20-8-4-5-9-21(20)18-10-13-26-14-11-18/h4-5,8-11,13-14,19H,2-3,6-7,12,15-17H2,1H3,(H,25,29)/t24-/m0/s1. The number of rotatable bonds is 5. The Balaban J connectivity index is 1.61. The van der Waals surface area contributed by atoms with Crippen molar-refractivity contribution >= 4 is 11.8 Å². The largest absolute Gasteiger partial charge is 0.359 e. The zero-order valence-electron chi connectivity index (χ0n) is 17.1. The highest BCUT2D eigenvalue weighted by Gasteiger charge is 2.46. The van der Waals surface area contributed by atoms with Crippen LogP contribution in [0.5, 0.6) is 0 Å². The zero-order chi connectivity index (χ0) is 20.3. The third-order valence-electron chi connectivity index (χ3n) is 6.62. The average Bonchev–Trinajstić information content (AvgIpc) is 3.45. The van der Waals surface area contributed by atoms with E-state index in [1.807, 2.05) is 29.2 Å². The Bertz CT molecular complexity index is 877. The van der Waals surface area contributed by atoms with E-state index in [1.54, 1.807) is 19.4 Å². The third-order valence-corrected chi connectivity index (χ3v) is 6.62. The molecule has 2 aromatic rings. The fourth-order valence-electron chi connectivity index (χ4n) is 5.02. The number of nitrogens with zero attached hydrogens (tertiary/aromatic N) is 2. The lowest BCUT2D eigenvalue weighted by molar-refractivity contribution is -0.136. The van der Waals surface area contributed by atoms with Gasteiger partial charge in [-0.05, 0) is 54.5 Å². The highest BCUT2D eigenvalue weighted by atomic mass is 16.2. The summed E-state index contributed by atoms with van der Waals surface area (Å²) in [5.41, 5.74) is 2.78. The number of aromatic nitrogens is 1. The number of hydrogen-bond donors (Lipinski definition) is 1. The molecule has 0 radical (unpaired) electrons. The summed E-state index contributed by atoms with van der Waals surface area (Å²) in [6.45, 7) is 1.17. The topological polar surface area (TPSA) is 62.3 Å². The van der Waals surface area contributed by atoms with E-state index in [1.165, 1.54) is 0 Å². The van der Waals surface area contributed by atoms with Gasteiger partial charge in [-0.3, -0.25) is 14.6 Å². The number of carbonyl (C=O) groups excluding carboxylic acids is 2. The van der Waals surface area contributed by atoms with Gasteiger partial charge in [0.1, 0.15) is 0 Å². The Kier molecular flexibility index (Phi) is 5.65. The van der Waals surface area contributed by atoms with E-state index in [9.17, 15) is 9.59 Å². The van der Waals surface area contributed by atoms with Crippen molar-refractivity contribution in [2.45, 2.75) is 38.5 Å². The summed E-state index contributed by atoms with van der Waals surface area (Å²) in [4.78, 5) is 32.1. The fourth-order valence-corrected chi connectivity index (χ4v) is 5.02. The number of carbonyl (C=O) groups is 2. The van der Waals surface area contributed by atoms with Gasteiger partial charge in [0.2, 0.25) is 11.8 Å². The predicted molar refractivity (Wildman–Crippen MR) is 113 cm³/mol. The minimum Gasteiger partial charge on any atom is -0.359 e. The number of nitrogens with one attached hydrogen (secondary N) is 1. The van der Waals surface area contributed by atoms with Gasteiger partial charge in [-0.1, -0.05) is 37.1 Å². The SMILES string of the molecule is CNC(=O)[C@]1(Cc2ccccc2-c2ccncc2)CCN(C(=O)C2CCCC2)C1. The lowest BCUT2D eigenvalue weighted by Gasteiger charge is -2.29. The first-order valence-electron chi connectivity index (χ1n) is 10.6. The van der Waals surface area contributed by atoms with Gasteiger partial charge in [-0.2, -0.15) is 0 Å². The summed E-state index contributed by atoms with van der Waals surface area (Å²) in [5.74, 6) is 0.430. The molecule has 152 valence electrons. The monoisotopic (exact) mass is 391 g/mol. The Morgan fingerprint density at radius 1 is 1.14 bits per heavy atom. The van der Waals surface area contributed by atoms with Crippen molar-refractivity contribution < 1.29 is 9.59 Å². The molecule has 1 aromatic heterocycles. The first-order valence-corrected chi connectivity index (χ1v) is 10.6. The molecule has 1 N–H and O–H groups in total. The molecule has 2 heterocycles. The quantitative estimate of drug-likeness (QED) is 0.849. The molecule has 0 spiro atoms. The maximum Gasteiger partial charge on any atom is 0.228 e. The first kappa shape index (κ1) is 19.6. The van der Waals surface area contributed by atoms with Crippen LogP contribution in [0.4, 0.5) is 0 Å². The molecule has 4 rings (SSSR count). The number of amides is 2. The van der Waals surface area contributed by atoms with Gasteiger partial charge in [0.05, 0.1) is 5.41 Å². The predicted octanol–water partition coefficient (Wildman–Crippen LogP) is 3.45. The van der Waals surface area contributed by atoms with Gasteiger partial charge < -0.3 is 10.2 Å². The molecule has 2 amide bonds. The van der Waals surface area contributed by atoms with Crippen molar-refractivity contribution in [1.29, 1.82) is 0 Å². The Morgan fingerprint density at radius 2 is 1.86 bits per heavy atom. The number of benzene rings is 1. The van der Waals surface area contributed by atoms with Gasteiger partial charge in [0.15, 0.2) is 0 Å². The van der Waals surface area contributed by atoms with E-state index in [4.69, 9.17) is 0 Å². The van der Waals surface area contributed by atoms with Crippen LogP contribution in [-0.2, 0) is 16.0 Å². The van der Waals surface area contributed by atoms with E-state index >= 15 is 0 Å². The van der Waals surface area contributed by atoms with Crippen LogP contribution in [0.2, 0.25) is 0 Å². The molecule has 0 unspecified atom stereocenters. The molecular weight excluding hydrogens is 362 g/mol. The van der Waals surface area contributed by atoms with E-state index in [0.29, 0.717) is 25.9 Å². The normalized spacial score (nSPS) is 22.0. The summed E-state index contributed by atoms with van der Waals surface area (Å²) in [6, 6.07) is 12.2. The molecule has 1 saturated carbocycles. The molecule has 5 nitrogen and oxygen atoms in total. The van der Waals surface area contributed by atoms with Crippen molar-refractivity contribution in [3.05, 3.63) is 54.4 Å². The number of hydrogen-bond acceptors (Lipinski definition) is 3. The summed E-state index contributed by atoms with van der Waals surface area (Å²) in [7, 11) is 1.69. The summed E-state index contributed by atoms with van der Waals surface area (Å²) >= 11 is 0. The Morgan fingerprint density at radius 3 is 2.59 bits per heavy atom. The zero-order valence-corrected chi connectivity index (χ0v) is 17.1. The number of likely N-dealkylation sites (tertiary alicyclic amines) is 1. The summed E-state index contributed by atoms with van der Waals surface area (Å²) < 4.78 is 0. The average molecular weight is 392 g/mol. The first-order chi connectivity index (χ1) is 14.1. The second kappa shape index (κ2) is 8.36. The van der Waals surface area contributed by atoms with Crippen molar-refractivity contribution in [1.82, 2.24) is 15.2 Å². The molecule has 1 atom stereocenters. The number of pyridine rings is 1. The molecule has 1 aliphatic carbocycles. The highest BCUT2D eigenvalue weighted by Crippen LogP contribution is 2.39. The van der Waals surface area contributed by atoms with Gasteiger partial charge in [0.25, 0.3) is 0 Å². The van der Waals surface area contributed by atoms with E-state index < -0.39 is 5.41 Å². The molecule has 2 aliphatic rings. The third kappa shape index (κ3) is 3.91. The van der Waals surface area contributed by atoms with Gasteiger partial charge >= 0.3 is 0 Å². The fraction of sp³-hybridized carbons (Fsp3) is 0.458. The molecule has 1 aliphatic heterocycles. The van der Waals surface area contributed by atoms with Crippen molar-refractivity contribution in [2.75, 3.05) is 20.1 Å². The highest BCUT2D eigenvalue weighted by molar-refractivity contribution is 5.86. The van der Waals surface area contributed by atoms with Crippen LogP contribution in [0.25, 0.3) is 11.1 Å². The molecule has 2 fully saturated rings. The molecule has 1 aromatic carbocycles.